The molecule has 1 heterocycles. The smallest absolute Gasteiger partial charge is 0.329 e. The Morgan fingerprint density at radius 1 is 1.67 bits per heavy atom. The number of nitrogen functional groups attached to an aromatic ring is 1. The molecule has 7 heteroatoms. The lowest BCUT2D eigenvalue weighted by Gasteiger charge is -2.15. The molecule has 0 aliphatic carbocycles. The van der Waals surface area contributed by atoms with Crippen molar-refractivity contribution < 1.29 is 4.92 Å². The molecule has 2 N–H and O–H groups in total. The van der Waals surface area contributed by atoms with Gasteiger partial charge in [-0.3, -0.25) is 10.1 Å². The van der Waals surface area contributed by atoms with Crippen molar-refractivity contribution in [2.45, 2.75) is 13.3 Å². The highest BCUT2D eigenvalue weighted by Gasteiger charge is 2.15. The highest BCUT2D eigenvalue weighted by molar-refractivity contribution is 5.53. The molecule has 1 aromatic rings. The number of aromatic nitrogens is 2. The van der Waals surface area contributed by atoms with Crippen LogP contribution in [0.5, 0.6) is 0 Å². The molecule has 82 valence electrons. The lowest BCUT2D eigenvalue weighted by Crippen LogP contribution is -2.21. The van der Waals surface area contributed by atoms with Crippen LogP contribution < -0.4 is 10.6 Å². The fraction of sp³-hybridized carbons (Fsp3) is 0.500. The standard InChI is InChI=1S/C8H13N5O2/c1-3-4-12(2)8-10-5-6(13(14)15)7(9)11-8/h5H,3-4H2,1-2H3,(H2,9,10,11). The molecule has 0 atom stereocenters. The number of rotatable bonds is 4. The summed E-state index contributed by atoms with van der Waals surface area (Å²) in [7, 11) is 1.81. The highest BCUT2D eigenvalue weighted by Crippen LogP contribution is 2.19. The second-order valence-electron chi connectivity index (χ2n) is 3.12. The summed E-state index contributed by atoms with van der Waals surface area (Å²) in [6, 6.07) is 0. The molecule has 0 amide bonds. The zero-order valence-corrected chi connectivity index (χ0v) is 8.67. The van der Waals surface area contributed by atoms with Crippen LogP contribution in [0.1, 0.15) is 13.3 Å². The summed E-state index contributed by atoms with van der Waals surface area (Å²) >= 11 is 0. The fourth-order valence-electron chi connectivity index (χ4n) is 1.14. The van der Waals surface area contributed by atoms with Crippen molar-refractivity contribution in [3.63, 3.8) is 0 Å². The molecule has 0 radical (unpaired) electrons. The van der Waals surface area contributed by atoms with Crippen LogP contribution in [-0.2, 0) is 0 Å². The number of hydrogen-bond acceptors (Lipinski definition) is 6. The first-order chi connectivity index (χ1) is 7.06. The Morgan fingerprint density at radius 3 is 2.80 bits per heavy atom. The van der Waals surface area contributed by atoms with E-state index in [1.54, 1.807) is 4.90 Å². The van der Waals surface area contributed by atoms with E-state index in [0.29, 0.717) is 5.95 Å². The van der Waals surface area contributed by atoms with Crippen molar-refractivity contribution in [1.82, 2.24) is 9.97 Å². The molecule has 7 nitrogen and oxygen atoms in total. The van der Waals surface area contributed by atoms with Gasteiger partial charge >= 0.3 is 5.69 Å². The minimum Gasteiger partial charge on any atom is -0.378 e. The molecule has 0 saturated heterocycles. The summed E-state index contributed by atoms with van der Waals surface area (Å²) < 4.78 is 0. The third kappa shape index (κ3) is 2.52. The average Bonchev–Trinajstić information content (AvgIpc) is 2.17. The summed E-state index contributed by atoms with van der Waals surface area (Å²) in [5.74, 6) is 0.299. The number of nitrogens with zero attached hydrogens (tertiary/aromatic N) is 4. The number of nitrogens with two attached hydrogens (primary N) is 1. The summed E-state index contributed by atoms with van der Waals surface area (Å²) in [6.45, 7) is 2.79. The quantitative estimate of drug-likeness (QED) is 0.584. The van der Waals surface area contributed by atoms with E-state index in [4.69, 9.17) is 5.73 Å². The van der Waals surface area contributed by atoms with E-state index in [2.05, 4.69) is 9.97 Å². The van der Waals surface area contributed by atoms with Crippen molar-refractivity contribution in [3.8, 4) is 0 Å². The van der Waals surface area contributed by atoms with Crippen LogP contribution in [0.3, 0.4) is 0 Å². The molecule has 0 unspecified atom stereocenters. The predicted molar refractivity (Wildman–Crippen MR) is 56.7 cm³/mol. The van der Waals surface area contributed by atoms with Gasteiger partial charge < -0.3 is 10.6 Å². The van der Waals surface area contributed by atoms with Crippen LogP contribution in [0.2, 0.25) is 0 Å². The lowest BCUT2D eigenvalue weighted by atomic mass is 10.4. The van der Waals surface area contributed by atoms with Crippen LogP contribution in [0.15, 0.2) is 6.20 Å². The van der Waals surface area contributed by atoms with Crippen LogP contribution in [0, 0.1) is 10.1 Å². The Hall–Kier alpha value is -1.92. The van der Waals surface area contributed by atoms with Gasteiger partial charge in [0.15, 0.2) is 0 Å². The number of anilines is 2. The Labute approximate surface area is 87.1 Å². The van der Waals surface area contributed by atoms with E-state index in [9.17, 15) is 10.1 Å². The van der Waals surface area contributed by atoms with Gasteiger partial charge in [-0.25, -0.2) is 4.98 Å². The van der Waals surface area contributed by atoms with Crippen LogP contribution >= 0.6 is 0 Å². The molecule has 0 saturated carbocycles. The Morgan fingerprint density at radius 2 is 2.33 bits per heavy atom. The molecule has 0 bridgehead atoms. The molecular weight excluding hydrogens is 198 g/mol. The van der Waals surface area contributed by atoms with Gasteiger partial charge in [0.1, 0.15) is 6.20 Å². The summed E-state index contributed by atoms with van der Waals surface area (Å²) in [5, 5.41) is 10.5. The van der Waals surface area contributed by atoms with E-state index in [1.165, 1.54) is 0 Å². The maximum absolute atomic E-state index is 10.5. The van der Waals surface area contributed by atoms with Gasteiger partial charge in [-0.2, -0.15) is 4.98 Å². The molecule has 0 fully saturated rings. The Balaban J connectivity index is 2.96. The second-order valence-corrected chi connectivity index (χ2v) is 3.12. The minimum atomic E-state index is -0.598. The molecule has 0 aliphatic heterocycles. The van der Waals surface area contributed by atoms with Gasteiger partial charge in [0.05, 0.1) is 4.92 Å². The average molecular weight is 211 g/mol. The summed E-state index contributed by atoms with van der Waals surface area (Å²) in [4.78, 5) is 19.4. The van der Waals surface area contributed by atoms with Crippen LogP contribution in [-0.4, -0.2) is 28.5 Å². The molecule has 0 spiro atoms. The Kier molecular flexibility index (Phi) is 3.37. The maximum atomic E-state index is 10.5. The molecule has 1 rings (SSSR count). The third-order valence-corrected chi connectivity index (χ3v) is 1.88. The molecule has 15 heavy (non-hydrogen) atoms. The van der Waals surface area contributed by atoms with Crippen molar-refractivity contribution in [2.75, 3.05) is 24.2 Å². The lowest BCUT2D eigenvalue weighted by molar-refractivity contribution is -0.384. The highest BCUT2D eigenvalue weighted by atomic mass is 16.6. The van der Waals surface area contributed by atoms with E-state index >= 15 is 0 Å². The molecule has 0 aliphatic rings. The van der Waals surface area contributed by atoms with Crippen molar-refractivity contribution in [1.29, 1.82) is 0 Å². The van der Waals surface area contributed by atoms with Gasteiger partial charge in [0, 0.05) is 13.6 Å². The largest absolute Gasteiger partial charge is 0.378 e. The molecule has 0 aromatic carbocycles. The monoisotopic (exact) mass is 211 g/mol. The van der Waals surface area contributed by atoms with Crippen molar-refractivity contribution >= 4 is 17.5 Å². The van der Waals surface area contributed by atoms with Gasteiger partial charge in [0.2, 0.25) is 11.8 Å². The second kappa shape index (κ2) is 4.54. The number of hydrogen-bond donors (Lipinski definition) is 1. The van der Waals surface area contributed by atoms with E-state index in [-0.39, 0.29) is 11.5 Å². The van der Waals surface area contributed by atoms with Gasteiger partial charge in [0.25, 0.3) is 0 Å². The predicted octanol–water partition coefficient (Wildman–Crippen LogP) is 0.813. The van der Waals surface area contributed by atoms with Gasteiger partial charge in [-0.15, -0.1) is 0 Å². The first kappa shape index (κ1) is 11.2. The summed E-state index contributed by atoms with van der Waals surface area (Å²) in [6.07, 6.45) is 2.07. The third-order valence-electron chi connectivity index (χ3n) is 1.88. The Bertz CT molecular complexity index is 368. The van der Waals surface area contributed by atoms with E-state index in [0.717, 1.165) is 19.2 Å². The topological polar surface area (TPSA) is 98.2 Å². The van der Waals surface area contributed by atoms with E-state index in [1.807, 2.05) is 14.0 Å². The fourth-order valence-corrected chi connectivity index (χ4v) is 1.14. The van der Waals surface area contributed by atoms with Crippen LogP contribution in [0.4, 0.5) is 17.5 Å². The van der Waals surface area contributed by atoms with Crippen molar-refractivity contribution in [2.24, 2.45) is 0 Å². The van der Waals surface area contributed by atoms with Gasteiger partial charge in [-0.05, 0) is 6.42 Å². The maximum Gasteiger partial charge on any atom is 0.329 e. The zero-order valence-electron chi connectivity index (χ0n) is 8.67. The van der Waals surface area contributed by atoms with Crippen LogP contribution in [0.25, 0.3) is 0 Å². The molecule has 1 aromatic heterocycles. The first-order valence-corrected chi connectivity index (χ1v) is 4.54. The zero-order chi connectivity index (χ0) is 11.4. The van der Waals surface area contributed by atoms with E-state index < -0.39 is 4.92 Å². The SMILES string of the molecule is CCCN(C)c1ncc([N+](=O)[O-])c(N)n1. The summed E-state index contributed by atoms with van der Waals surface area (Å²) in [5.41, 5.74) is 5.18. The minimum absolute atomic E-state index is 0.104. The van der Waals surface area contributed by atoms with Gasteiger partial charge in [-0.1, -0.05) is 6.92 Å². The first-order valence-electron chi connectivity index (χ1n) is 4.54. The number of nitro groups is 1. The normalized spacial score (nSPS) is 10.0. The van der Waals surface area contributed by atoms with Crippen molar-refractivity contribution in [3.05, 3.63) is 16.3 Å². The molecular formula is C8H13N5O2.